The summed E-state index contributed by atoms with van der Waals surface area (Å²) in [5, 5.41) is 9.53. The van der Waals surface area contributed by atoms with E-state index in [9.17, 15) is 5.11 Å². The Bertz CT molecular complexity index is 901. The number of allylic oxidation sites excluding steroid dienone is 11. The van der Waals surface area contributed by atoms with Gasteiger partial charge in [-0.25, -0.2) is 0 Å². The Balaban J connectivity index is 3.36. The Labute approximate surface area is 209 Å². The second-order valence-corrected chi connectivity index (χ2v) is 9.21. The molecule has 0 bridgehead atoms. The van der Waals surface area contributed by atoms with Gasteiger partial charge < -0.3 is 14.9 Å². The van der Waals surface area contributed by atoms with Crippen LogP contribution in [0.15, 0.2) is 95.8 Å². The molecule has 3 heteroatoms. The summed E-state index contributed by atoms with van der Waals surface area (Å²) in [5.41, 5.74) is 7.20. The summed E-state index contributed by atoms with van der Waals surface area (Å²) < 4.78 is 0. The predicted octanol–water partition coefficient (Wildman–Crippen LogP) is 7.02. The minimum atomic E-state index is 0.181. The molecule has 0 aliphatic heterocycles. The molecule has 0 saturated carbocycles. The number of aliphatic hydroxyl groups excluding tert-OH is 1. The fourth-order valence-electron chi connectivity index (χ4n) is 3.37. The third-order valence-corrected chi connectivity index (χ3v) is 6.25. The summed E-state index contributed by atoms with van der Waals surface area (Å²) in [6, 6.07) is 11.0. The minimum absolute atomic E-state index is 0.181. The number of nitrogens with zero attached hydrogens (tertiary/aromatic N) is 2. The van der Waals surface area contributed by atoms with Gasteiger partial charge in [0.05, 0.1) is 0 Å². The van der Waals surface area contributed by atoms with Crippen LogP contribution in [0.2, 0.25) is 0 Å². The highest BCUT2D eigenvalue weighted by Crippen LogP contribution is 2.29. The second-order valence-electron chi connectivity index (χ2n) is 9.21. The van der Waals surface area contributed by atoms with Gasteiger partial charge in [-0.05, 0) is 82.9 Å². The zero-order chi connectivity index (χ0) is 25.5. The van der Waals surface area contributed by atoms with Crippen molar-refractivity contribution in [3.8, 4) is 0 Å². The lowest BCUT2D eigenvalue weighted by molar-refractivity contribution is 0.243. The summed E-state index contributed by atoms with van der Waals surface area (Å²) in [6.07, 6.45) is 14.2. The number of hydrogen-bond donors (Lipinski definition) is 1. The fourth-order valence-corrected chi connectivity index (χ4v) is 3.37. The molecule has 0 spiro atoms. The molecule has 0 aromatic heterocycles. The van der Waals surface area contributed by atoms with Gasteiger partial charge in [0.25, 0.3) is 0 Å². The summed E-state index contributed by atoms with van der Waals surface area (Å²) in [4.78, 5) is 4.67. The molecule has 0 heterocycles. The van der Waals surface area contributed by atoms with Gasteiger partial charge in [0.1, 0.15) is 0 Å². The number of hydrogen-bond acceptors (Lipinski definition) is 3. The number of rotatable bonds is 14. The Hall–Kier alpha value is -2.62. The topological polar surface area (TPSA) is 26.7 Å². The number of likely N-dealkylation sites (N-methyl/N-ethyl adjacent to an activating group) is 2. The van der Waals surface area contributed by atoms with E-state index < -0.39 is 0 Å². The molecule has 1 aromatic carbocycles. The van der Waals surface area contributed by atoms with E-state index in [0.717, 1.165) is 31.5 Å². The minimum Gasteiger partial charge on any atom is -0.396 e. The SMILES string of the molecule is C=C\C(C)=C/C=C/C(=C(\CCCO)c1ccccc1)C(/C)=C/C=C(\C)N(C)CCN(C)C(C)C. The highest BCUT2D eigenvalue weighted by molar-refractivity contribution is 5.75. The van der Waals surface area contributed by atoms with Gasteiger partial charge in [-0.1, -0.05) is 72.9 Å². The van der Waals surface area contributed by atoms with E-state index in [4.69, 9.17) is 0 Å². The van der Waals surface area contributed by atoms with Crippen molar-refractivity contribution in [2.24, 2.45) is 0 Å². The first-order valence-corrected chi connectivity index (χ1v) is 12.3. The molecule has 0 aliphatic carbocycles. The van der Waals surface area contributed by atoms with Gasteiger partial charge in [0.2, 0.25) is 0 Å². The Morgan fingerprint density at radius 1 is 1.00 bits per heavy atom. The van der Waals surface area contributed by atoms with Crippen LogP contribution in [0.3, 0.4) is 0 Å². The van der Waals surface area contributed by atoms with Gasteiger partial charge >= 0.3 is 0 Å². The Kier molecular flexibility index (Phi) is 13.9. The zero-order valence-corrected chi connectivity index (χ0v) is 22.5. The van der Waals surface area contributed by atoms with E-state index in [1.54, 1.807) is 0 Å². The van der Waals surface area contributed by atoms with Crippen LogP contribution in [0, 0.1) is 0 Å². The number of aliphatic hydroxyl groups is 1. The average molecular weight is 463 g/mol. The first kappa shape index (κ1) is 29.4. The zero-order valence-electron chi connectivity index (χ0n) is 22.5. The van der Waals surface area contributed by atoms with Crippen molar-refractivity contribution in [3.05, 3.63) is 101 Å². The third kappa shape index (κ3) is 10.5. The van der Waals surface area contributed by atoms with Gasteiger partial charge in [0.15, 0.2) is 0 Å². The molecular weight excluding hydrogens is 416 g/mol. The van der Waals surface area contributed by atoms with Crippen molar-refractivity contribution in [2.45, 2.75) is 53.5 Å². The van der Waals surface area contributed by atoms with Crippen molar-refractivity contribution in [2.75, 3.05) is 33.8 Å². The van der Waals surface area contributed by atoms with Crippen molar-refractivity contribution in [3.63, 3.8) is 0 Å². The highest BCUT2D eigenvalue weighted by Gasteiger charge is 2.10. The van der Waals surface area contributed by atoms with Gasteiger partial charge in [-0.2, -0.15) is 0 Å². The lowest BCUT2D eigenvalue weighted by Crippen LogP contribution is -2.34. The third-order valence-electron chi connectivity index (χ3n) is 6.25. The molecule has 1 N–H and O–H groups in total. The van der Waals surface area contributed by atoms with Crippen molar-refractivity contribution >= 4 is 5.57 Å². The molecule has 0 aliphatic rings. The highest BCUT2D eigenvalue weighted by atomic mass is 16.2. The fraction of sp³-hybridized carbons (Fsp3) is 0.419. The number of benzene rings is 1. The van der Waals surface area contributed by atoms with Crippen LogP contribution < -0.4 is 0 Å². The molecule has 0 atom stereocenters. The van der Waals surface area contributed by atoms with Gasteiger partial charge in [-0.15, -0.1) is 0 Å². The van der Waals surface area contributed by atoms with Gasteiger partial charge in [-0.3, -0.25) is 0 Å². The molecule has 1 rings (SSSR count). The molecule has 0 unspecified atom stereocenters. The normalized spacial score (nSPS) is 14.2. The van der Waals surface area contributed by atoms with Gasteiger partial charge in [0, 0.05) is 38.5 Å². The molecule has 0 saturated heterocycles. The maximum atomic E-state index is 9.53. The summed E-state index contributed by atoms with van der Waals surface area (Å²) in [5.74, 6) is 0. The smallest absolute Gasteiger partial charge is 0.0434 e. The summed E-state index contributed by atoms with van der Waals surface area (Å²) in [6.45, 7) is 16.9. The lowest BCUT2D eigenvalue weighted by atomic mass is 9.91. The van der Waals surface area contributed by atoms with Crippen LogP contribution in [0.1, 0.15) is 53.0 Å². The van der Waals surface area contributed by atoms with E-state index in [1.165, 1.54) is 28.0 Å². The molecule has 0 radical (unpaired) electrons. The molecule has 1 aromatic rings. The molecule has 0 fully saturated rings. The van der Waals surface area contributed by atoms with E-state index in [2.05, 4.69) is 113 Å². The van der Waals surface area contributed by atoms with Crippen LogP contribution in [0.25, 0.3) is 5.57 Å². The largest absolute Gasteiger partial charge is 0.396 e. The Morgan fingerprint density at radius 3 is 2.26 bits per heavy atom. The van der Waals surface area contributed by atoms with Crippen LogP contribution in [0.4, 0.5) is 0 Å². The molecule has 34 heavy (non-hydrogen) atoms. The molecule has 0 amide bonds. The van der Waals surface area contributed by atoms with Crippen molar-refractivity contribution in [1.82, 2.24) is 9.80 Å². The lowest BCUT2D eigenvalue weighted by Gasteiger charge is -2.26. The maximum Gasteiger partial charge on any atom is 0.0434 e. The summed E-state index contributed by atoms with van der Waals surface area (Å²) >= 11 is 0. The first-order valence-electron chi connectivity index (χ1n) is 12.3. The van der Waals surface area contributed by atoms with Crippen LogP contribution in [-0.4, -0.2) is 54.7 Å². The van der Waals surface area contributed by atoms with Crippen LogP contribution in [-0.2, 0) is 0 Å². The summed E-state index contributed by atoms with van der Waals surface area (Å²) in [7, 11) is 4.32. The molecule has 3 nitrogen and oxygen atoms in total. The maximum absolute atomic E-state index is 9.53. The molecule has 186 valence electrons. The first-order chi connectivity index (χ1) is 16.2. The van der Waals surface area contributed by atoms with Crippen LogP contribution in [0.5, 0.6) is 0 Å². The van der Waals surface area contributed by atoms with E-state index in [0.29, 0.717) is 6.04 Å². The van der Waals surface area contributed by atoms with Crippen LogP contribution >= 0.6 is 0 Å². The average Bonchev–Trinajstić information content (AvgIpc) is 2.84. The van der Waals surface area contributed by atoms with E-state index in [-0.39, 0.29) is 6.61 Å². The van der Waals surface area contributed by atoms with Crippen molar-refractivity contribution in [1.29, 1.82) is 0 Å². The van der Waals surface area contributed by atoms with E-state index >= 15 is 0 Å². The molecular formula is C31H46N2O. The monoisotopic (exact) mass is 462 g/mol. The quantitative estimate of drug-likeness (QED) is 0.301. The second kappa shape index (κ2) is 16.1. The predicted molar refractivity (Wildman–Crippen MR) is 151 cm³/mol. The van der Waals surface area contributed by atoms with E-state index in [1.807, 2.05) is 19.1 Å². The standard InChI is InChI=1S/C31H46N2O/c1-9-26(4)15-13-18-30(31(19-14-24-34)29-16-11-10-12-17-29)27(5)20-21-28(6)33(8)23-22-32(7)25(2)3/h9-13,15-18,20-21,25,34H,1,14,19,22-24H2,2-8H3/b18-13+,26-15-,27-20+,28-21+,31-30-. The Morgan fingerprint density at radius 2 is 1.68 bits per heavy atom. The van der Waals surface area contributed by atoms with Crippen molar-refractivity contribution < 1.29 is 5.11 Å².